The third kappa shape index (κ3) is 2.83. The maximum absolute atomic E-state index is 11.5. The molecule has 0 saturated carbocycles. The smallest absolute Gasteiger partial charge is 0.336 e. The van der Waals surface area contributed by atoms with Crippen molar-refractivity contribution < 1.29 is 15.0 Å². The highest BCUT2D eigenvalue weighted by atomic mass is 16.4. The molecule has 22 heavy (non-hydrogen) atoms. The molecule has 2 N–H and O–H groups in total. The minimum Gasteiger partial charge on any atom is -0.508 e. The molecule has 0 radical (unpaired) electrons. The van der Waals surface area contributed by atoms with Crippen molar-refractivity contribution in [3.05, 3.63) is 77.9 Å². The van der Waals surface area contributed by atoms with Crippen molar-refractivity contribution in [3.8, 4) is 5.75 Å². The van der Waals surface area contributed by atoms with Gasteiger partial charge in [-0.2, -0.15) is 0 Å². The maximum atomic E-state index is 11.5. The molecule has 0 aromatic heterocycles. The highest BCUT2D eigenvalue weighted by molar-refractivity contribution is 6.20. The first kappa shape index (κ1) is 13.9. The Bertz CT molecular complexity index is 861. The van der Waals surface area contributed by atoms with Gasteiger partial charge in [0.25, 0.3) is 0 Å². The van der Waals surface area contributed by atoms with E-state index >= 15 is 0 Å². The van der Waals surface area contributed by atoms with Crippen LogP contribution in [0.25, 0.3) is 22.4 Å². The first-order chi connectivity index (χ1) is 10.6. The van der Waals surface area contributed by atoms with Crippen LogP contribution in [-0.4, -0.2) is 16.2 Å². The second-order valence-electron chi connectivity index (χ2n) is 5.02. The summed E-state index contributed by atoms with van der Waals surface area (Å²) in [6.07, 6.45) is 1.64. The molecule has 0 aliphatic heterocycles. The number of fused-ring (bicyclic) bond motifs is 1. The van der Waals surface area contributed by atoms with Crippen molar-refractivity contribution in [2.45, 2.75) is 0 Å². The SMILES string of the molecule is O=C(O)/C(=C\c1ccc2ccccc2c1)c1ccc(O)cc1. The van der Waals surface area contributed by atoms with Gasteiger partial charge in [0, 0.05) is 0 Å². The molecule has 3 rings (SSSR count). The summed E-state index contributed by atoms with van der Waals surface area (Å²) in [7, 11) is 0. The van der Waals surface area contributed by atoms with Crippen LogP contribution in [0.2, 0.25) is 0 Å². The van der Waals surface area contributed by atoms with E-state index in [0.717, 1.165) is 16.3 Å². The zero-order valence-electron chi connectivity index (χ0n) is 11.7. The zero-order valence-corrected chi connectivity index (χ0v) is 11.7. The van der Waals surface area contributed by atoms with Gasteiger partial charge in [-0.25, -0.2) is 4.79 Å². The van der Waals surface area contributed by atoms with Crippen LogP contribution in [0.1, 0.15) is 11.1 Å². The first-order valence-electron chi connectivity index (χ1n) is 6.87. The minimum atomic E-state index is -1.00. The number of aliphatic carboxylic acids is 1. The van der Waals surface area contributed by atoms with Crippen LogP contribution in [0.4, 0.5) is 0 Å². The summed E-state index contributed by atoms with van der Waals surface area (Å²) in [6.45, 7) is 0. The molecular weight excluding hydrogens is 276 g/mol. The van der Waals surface area contributed by atoms with E-state index < -0.39 is 5.97 Å². The fraction of sp³-hybridized carbons (Fsp3) is 0. The zero-order chi connectivity index (χ0) is 15.5. The molecule has 0 aliphatic carbocycles. The largest absolute Gasteiger partial charge is 0.508 e. The Morgan fingerprint density at radius 1 is 0.864 bits per heavy atom. The van der Waals surface area contributed by atoms with Gasteiger partial charge in [-0.3, -0.25) is 0 Å². The standard InChI is InChI=1S/C19H14O3/c20-17-9-7-15(8-10-17)18(19(21)22)12-13-5-6-14-3-1-2-4-16(14)11-13/h1-12,20H,(H,21,22)/b18-12-. The van der Waals surface area contributed by atoms with E-state index in [-0.39, 0.29) is 11.3 Å². The van der Waals surface area contributed by atoms with Gasteiger partial charge in [-0.05, 0) is 46.2 Å². The number of benzene rings is 3. The van der Waals surface area contributed by atoms with Crippen LogP contribution >= 0.6 is 0 Å². The molecule has 0 amide bonds. The molecule has 0 fully saturated rings. The van der Waals surface area contributed by atoms with Crippen molar-refractivity contribution in [1.82, 2.24) is 0 Å². The van der Waals surface area contributed by atoms with Crippen LogP contribution < -0.4 is 0 Å². The molecule has 108 valence electrons. The first-order valence-corrected chi connectivity index (χ1v) is 6.87. The Hall–Kier alpha value is -3.07. The van der Waals surface area contributed by atoms with E-state index in [9.17, 15) is 15.0 Å². The Kier molecular flexibility index (Phi) is 3.62. The number of carboxylic acids is 1. The molecule has 0 spiro atoms. The minimum absolute atomic E-state index is 0.110. The molecule has 0 unspecified atom stereocenters. The van der Waals surface area contributed by atoms with Gasteiger partial charge in [-0.15, -0.1) is 0 Å². The third-order valence-electron chi connectivity index (χ3n) is 3.49. The molecule has 3 aromatic carbocycles. The second kappa shape index (κ2) is 5.74. The van der Waals surface area contributed by atoms with Crippen molar-refractivity contribution in [2.24, 2.45) is 0 Å². The van der Waals surface area contributed by atoms with Crippen molar-refractivity contribution in [1.29, 1.82) is 0 Å². The van der Waals surface area contributed by atoms with E-state index in [4.69, 9.17) is 0 Å². The van der Waals surface area contributed by atoms with E-state index in [1.807, 2.05) is 42.5 Å². The lowest BCUT2D eigenvalue weighted by atomic mass is 10.0. The predicted octanol–water partition coefficient (Wildman–Crippen LogP) is 4.17. The van der Waals surface area contributed by atoms with Crippen LogP contribution in [0, 0.1) is 0 Å². The number of aromatic hydroxyl groups is 1. The van der Waals surface area contributed by atoms with Gasteiger partial charge in [0.2, 0.25) is 0 Å². The van der Waals surface area contributed by atoms with Gasteiger partial charge in [0.15, 0.2) is 0 Å². The van der Waals surface area contributed by atoms with E-state index in [0.29, 0.717) is 5.56 Å². The summed E-state index contributed by atoms with van der Waals surface area (Å²) in [6, 6.07) is 19.9. The third-order valence-corrected chi connectivity index (χ3v) is 3.49. The second-order valence-corrected chi connectivity index (χ2v) is 5.02. The summed E-state index contributed by atoms with van der Waals surface area (Å²) in [5.74, 6) is -0.891. The fourth-order valence-corrected chi connectivity index (χ4v) is 2.37. The maximum Gasteiger partial charge on any atom is 0.336 e. The van der Waals surface area contributed by atoms with Gasteiger partial charge in [-0.1, -0.05) is 48.5 Å². The summed E-state index contributed by atoms with van der Waals surface area (Å²) in [4.78, 5) is 11.5. The van der Waals surface area contributed by atoms with Crippen LogP contribution in [-0.2, 0) is 4.79 Å². The average Bonchev–Trinajstić information content (AvgIpc) is 2.53. The molecule has 0 saturated heterocycles. The van der Waals surface area contributed by atoms with Gasteiger partial charge in [0.05, 0.1) is 5.57 Å². The van der Waals surface area contributed by atoms with Gasteiger partial charge < -0.3 is 10.2 Å². The number of carbonyl (C=O) groups is 1. The molecule has 0 heterocycles. The van der Waals surface area contributed by atoms with Crippen molar-refractivity contribution in [2.75, 3.05) is 0 Å². The molecular formula is C19H14O3. The number of rotatable bonds is 3. The van der Waals surface area contributed by atoms with E-state index in [1.54, 1.807) is 18.2 Å². The Balaban J connectivity index is 2.08. The molecule has 0 aliphatic rings. The summed E-state index contributed by atoms with van der Waals surface area (Å²) < 4.78 is 0. The highest BCUT2D eigenvalue weighted by Crippen LogP contribution is 2.23. The number of hydrogen-bond acceptors (Lipinski definition) is 2. The topological polar surface area (TPSA) is 57.5 Å². The summed E-state index contributed by atoms with van der Waals surface area (Å²) >= 11 is 0. The van der Waals surface area contributed by atoms with E-state index in [2.05, 4.69) is 0 Å². The molecule has 3 heteroatoms. The number of phenolic OH excluding ortho intramolecular Hbond substituents is 1. The number of hydrogen-bond donors (Lipinski definition) is 2. The Labute approximate surface area is 127 Å². The van der Waals surface area contributed by atoms with Crippen LogP contribution in [0.15, 0.2) is 66.7 Å². The van der Waals surface area contributed by atoms with Gasteiger partial charge >= 0.3 is 5.97 Å². The number of carboxylic acid groups (broad SMARTS) is 1. The summed E-state index contributed by atoms with van der Waals surface area (Å²) in [5, 5.41) is 20.9. The lowest BCUT2D eigenvalue weighted by Gasteiger charge is -2.05. The lowest BCUT2D eigenvalue weighted by Crippen LogP contribution is -1.99. The lowest BCUT2D eigenvalue weighted by molar-refractivity contribution is -0.130. The fourth-order valence-electron chi connectivity index (χ4n) is 2.37. The van der Waals surface area contributed by atoms with Crippen molar-refractivity contribution in [3.63, 3.8) is 0 Å². The molecule has 3 aromatic rings. The molecule has 0 bridgehead atoms. The monoisotopic (exact) mass is 290 g/mol. The number of phenols is 1. The van der Waals surface area contributed by atoms with Crippen molar-refractivity contribution >= 4 is 28.4 Å². The van der Waals surface area contributed by atoms with E-state index in [1.165, 1.54) is 12.1 Å². The Morgan fingerprint density at radius 2 is 1.55 bits per heavy atom. The van der Waals surface area contributed by atoms with Crippen LogP contribution in [0.5, 0.6) is 5.75 Å². The molecule has 0 atom stereocenters. The average molecular weight is 290 g/mol. The highest BCUT2D eigenvalue weighted by Gasteiger charge is 2.10. The Morgan fingerprint density at radius 3 is 2.23 bits per heavy atom. The van der Waals surface area contributed by atoms with Gasteiger partial charge in [0.1, 0.15) is 5.75 Å². The predicted molar refractivity (Wildman–Crippen MR) is 87.6 cm³/mol. The van der Waals surface area contributed by atoms with Crippen LogP contribution in [0.3, 0.4) is 0 Å². The summed E-state index contributed by atoms with van der Waals surface area (Å²) in [5.41, 5.74) is 1.57. The normalized spacial score (nSPS) is 11.5. The quantitative estimate of drug-likeness (QED) is 0.562. The molecule has 3 nitrogen and oxygen atoms in total.